The van der Waals surface area contributed by atoms with Gasteiger partial charge in [0.05, 0.1) is 18.8 Å². The van der Waals surface area contributed by atoms with Crippen LogP contribution in [0.3, 0.4) is 0 Å². The summed E-state index contributed by atoms with van der Waals surface area (Å²) >= 11 is 0. The van der Waals surface area contributed by atoms with E-state index in [0.29, 0.717) is 23.8 Å². The second kappa shape index (κ2) is 8.06. The van der Waals surface area contributed by atoms with Crippen LogP contribution in [0.2, 0.25) is 0 Å². The summed E-state index contributed by atoms with van der Waals surface area (Å²) < 4.78 is 11.2. The fourth-order valence-corrected chi connectivity index (χ4v) is 2.93. The Balaban J connectivity index is 1.85. The molecule has 0 spiro atoms. The maximum absolute atomic E-state index is 12.5. The third-order valence-electron chi connectivity index (χ3n) is 5.08. The number of hydrogen-bond acceptors (Lipinski definition) is 5. The van der Waals surface area contributed by atoms with Crippen LogP contribution < -0.4 is 15.1 Å². The van der Waals surface area contributed by atoms with E-state index in [9.17, 15) is 9.59 Å². The molecule has 0 unspecified atom stereocenters. The SMILES string of the molecule is CCONC(=O)c1ccc(CN2C(=O)COc3ccc(C(C)(C)CC)cc32)o1. The fraction of sp³-hybridized carbons (Fsp3) is 0.429. The first kappa shape index (κ1) is 19.9. The number of carbonyl (C=O) groups is 2. The number of rotatable bonds is 7. The molecule has 0 saturated heterocycles. The van der Waals surface area contributed by atoms with E-state index in [1.165, 1.54) is 0 Å². The Morgan fingerprint density at radius 2 is 2.04 bits per heavy atom. The molecule has 0 saturated carbocycles. The maximum atomic E-state index is 12.5. The molecule has 2 aromatic rings. The number of carbonyl (C=O) groups excluding carboxylic acids is 2. The van der Waals surface area contributed by atoms with Crippen LogP contribution in [0.5, 0.6) is 5.75 Å². The number of furan rings is 1. The molecule has 0 aliphatic carbocycles. The van der Waals surface area contributed by atoms with Gasteiger partial charge in [-0.25, -0.2) is 5.48 Å². The largest absolute Gasteiger partial charge is 0.482 e. The molecule has 0 bridgehead atoms. The van der Waals surface area contributed by atoms with Crippen LogP contribution in [0.25, 0.3) is 0 Å². The first-order valence-corrected chi connectivity index (χ1v) is 9.44. The molecule has 2 amide bonds. The van der Waals surface area contributed by atoms with E-state index < -0.39 is 5.91 Å². The number of hydroxylamine groups is 1. The molecule has 1 aliphatic heterocycles. The van der Waals surface area contributed by atoms with Gasteiger partial charge >= 0.3 is 5.91 Å². The average molecular weight is 386 g/mol. The second-order valence-electron chi connectivity index (χ2n) is 7.32. The number of benzene rings is 1. The van der Waals surface area contributed by atoms with E-state index in [2.05, 4.69) is 26.3 Å². The van der Waals surface area contributed by atoms with Gasteiger partial charge < -0.3 is 9.15 Å². The van der Waals surface area contributed by atoms with Gasteiger partial charge in [0.15, 0.2) is 12.4 Å². The fourth-order valence-electron chi connectivity index (χ4n) is 2.93. The number of nitrogens with one attached hydrogen (secondary N) is 1. The molecular formula is C21H26N2O5. The Morgan fingerprint density at radius 1 is 1.25 bits per heavy atom. The van der Waals surface area contributed by atoms with Gasteiger partial charge in [0.2, 0.25) is 0 Å². The lowest BCUT2D eigenvalue weighted by atomic mass is 9.82. The van der Waals surface area contributed by atoms with E-state index in [0.717, 1.165) is 12.0 Å². The highest BCUT2D eigenvalue weighted by Gasteiger charge is 2.29. The first-order valence-electron chi connectivity index (χ1n) is 9.44. The minimum atomic E-state index is -0.464. The summed E-state index contributed by atoms with van der Waals surface area (Å²) in [7, 11) is 0. The predicted molar refractivity (Wildman–Crippen MR) is 104 cm³/mol. The van der Waals surface area contributed by atoms with E-state index in [1.54, 1.807) is 24.0 Å². The molecule has 3 rings (SSSR count). The van der Waals surface area contributed by atoms with Gasteiger partial charge in [0.1, 0.15) is 11.5 Å². The minimum Gasteiger partial charge on any atom is -0.482 e. The number of nitrogens with zero attached hydrogens (tertiary/aromatic N) is 1. The Morgan fingerprint density at radius 3 is 2.75 bits per heavy atom. The Hall–Kier alpha value is -2.80. The normalized spacial score (nSPS) is 13.9. The van der Waals surface area contributed by atoms with E-state index in [-0.39, 0.29) is 30.2 Å². The van der Waals surface area contributed by atoms with Crippen LogP contribution in [-0.2, 0) is 21.6 Å². The lowest BCUT2D eigenvalue weighted by Crippen LogP contribution is -2.38. The molecule has 7 nitrogen and oxygen atoms in total. The van der Waals surface area contributed by atoms with E-state index in [1.807, 2.05) is 18.2 Å². The van der Waals surface area contributed by atoms with Crippen LogP contribution in [0.1, 0.15) is 56.0 Å². The lowest BCUT2D eigenvalue weighted by molar-refractivity contribution is -0.121. The number of anilines is 1. The van der Waals surface area contributed by atoms with Crippen molar-refractivity contribution in [3.63, 3.8) is 0 Å². The number of amides is 2. The molecule has 2 heterocycles. The molecule has 1 aliphatic rings. The summed E-state index contributed by atoms with van der Waals surface area (Å²) in [5, 5.41) is 0. The van der Waals surface area contributed by atoms with Crippen molar-refractivity contribution in [3.05, 3.63) is 47.4 Å². The Labute approximate surface area is 164 Å². The van der Waals surface area contributed by atoms with Crippen molar-refractivity contribution in [3.8, 4) is 5.75 Å². The molecule has 0 radical (unpaired) electrons. The van der Waals surface area contributed by atoms with Gasteiger partial charge in [-0.15, -0.1) is 0 Å². The predicted octanol–water partition coefficient (Wildman–Crippen LogP) is 3.57. The lowest BCUT2D eigenvalue weighted by Gasteiger charge is -2.31. The Kier molecular flexibility index (Phi) is 5.74. The highest BCUT2D eigenvalue weighted by molar-refractivity contribution is 5.98. The summed E-state index contributed by atoms with van der Waals surface area (Å²) in [5.74, 6) is 0.675. The average Bonchev–Trinajstić information content (AvgIpc) is 3.16. The van der Waals surface area contributed by atoms with Crippen molar-refractivity contribution in [2.24, 2.45) is 0 Å². The third kappa shape index (κ3) is 4.04. The highest BCUT2D eigenvalue weighted by Crippen LogP contribution is 2.38. The number of fused-ring (bicyclic) bond motifs is 1. The Bertz CT molecular complexity index is 871. The number of hydrogen-bond donors (Lipinski definition) is 1. The molecule has 28 heavy (non-hydrogen) atoms. The monoisotopic (exact) mass is 386 g/mol. The second-order valence-corrected chi connectivity index (χ2v) is 7.32. The van der Waals surface area contributed by atoms with Gasteiger partial charge in [-0.2, -0.15) is 0 Å². The van der Waals surface area contributed by atoms with Gasteiger partial charge in [-0.05, 0) is 48.6 Å². The summed E-state index contributed by atoms with van der Waals surface area (Å²) in [6.07, 6.45) is 0.969. The third-order valence-corrected chi connectivity index (χ3v) is 5.08. The van der Waals surface area contributed by atoms with Crippen molar-refractivity contribution >= 4 is 17.5 Å². The van der Waals surface area contributed by atoms with Gasteiger partial charge in [-0.1, -0.05) is 26.8 Å². The van der Waals surface area contributed by atoms with Crippen LogP contribution in [0, 0.1) is 0 Å². The number of ether oxygens (including phenoxy) is 1. The molecule has 1 aromatic carbocycles. The van der Waals surface area contributed by atoms with Crippen LogP contribution in [0.15, 0.2) is 34.7 Å². The smallest absolute Gasteiger partial charge is 0.310 e. The summed E-state index contributed by atoms with van der Waals surface area (Å²) in [6, 6.07) is 9.20. The molecule has 0 atom stereocenters. The van der Waals surface area contributed by atoms with Crippen molar-refractivity contribution in [1.82, 2.24) is 5.48 Å². The molecule has 150 valence electrons. The zero-order chi connectivity index (χ0) is 20.3. The van der Waals surface area contributed by atoms with Crippen LogP contribution in [-0.4, -0.2) is 25.0 Å². The molecule has 1 aromatic heterocycles. The molecule has 1 N–H and O–H groups in total. The highest BCUT2D eigenvalue weighted by atomic mass is 16.7. The topological polar surface area (TPSA) is 81.0 Å². The van der Waals surface area contributed by atoms with Crippen molar-refractivity contribution in [2.75, 3.05) is 18.1 Å². The maximum Gasteiger partial charge on any atom is 0.310 e. The summed E-state index contributed by atoms with van der Waals surface area (Å²) in [6.45, 7) is 8.78. The minimum absolute atomic E-state index is 0.0174. The van der Waals surface area contributed by atoms with Gasteiger partial charge in [0.25, 0.3) is 5.91 Å². The standard InChI is InChI=1S/C21H26N2O5/c1-5-21(3,4)14-7-9-17-16(11-14)23(19(24)13-26-17)12-15-8-10-18(28-15)20(25)22-27-6-2/h7-11H,5-6,12-13H2,1-4H3,(H,22,25). The zero-order valence-electron chi connectivity index (χ0n) is 16.7. The van der Waals surface area contributed by atoms with E-state index >= 15 is 0 Å². The van der Waals surface area contributed by atoms with Crippen LogP contribution in [0.4, 0.5) is 5.69 Å². The molecule has 7 heteroatoms. The van der Waals surface area contributed by atoms with Crippen molar-refractivity contribution in [1.29, 1.82) is 0 Å². The van der Waals surface area contributed by atoms with Crippen molar-refractivity contribution < 1.29 is 23.6 Å². The first-order chi connectivity index (χ1) is 13.4. The van der Waals surface area contributed by atoms with Crippen LogP contribution >= 0.6 is 0 Å². The van der Waals surface area contributed by atoms with Gasteiger partial charge in [-0.3, -0.25) is 19.3 Å². The summed E-state index contributed by atoms with van der Waals surface area (Å²) in [5.41, 5.74) is 4.12. The summed E-state index contributed by atoms with van der Waals surface area (Å²) in [4.78, 5) is 31.0. The van der Waals surface area contributed by atoms with Crippen molar-refractivity contribution in [2.45, 2.75) is 46.1 Å². The zero-order valence-corrected chi connectivity index (χ0v) is 16.7. The molecular weight excluding hydrogens is 360 g/mol. The van der Waals surface area contributed by atoms with Gasteiger partial charge in [0, 0.05) is 0 Å². The molecule has 0 fully saturated rings. The quantitative estimate of drug-likeness (QED) is 0.736. The van der Waals surface area contributed by atoms with E-state index in [4.69, 9.17) is 14.0 Å².